The van der Waals surface area contributed by atoms with Crippen LogP contribution in [0.4, 0.5) is 4.39 Å². The van der Waals surface area contributed by atoms with E-state index in [0.29, 0.717) is 28.8 Å². The Bertz CT molecular complexity index is 1040. The summed E-state index contributed by atoms with van der Waals surface area (Å²) in [7, 11) is 0. The summed E-state index contributed by atoms with van der Waals surface area (Å²) in [5.41, 5.74) is 1.97. The summed E-state index contributed by atoms with van der Waals surface area (Å²) in [4.78, 5) is 4.25. The Labute approximate surface area is 147 Å². The van der Waals surface area contributed by atoms with Gasteiger partial charge in [0, 0.05) is 6.20 Å². The van der Waals surface area contributed by atoms with Crippen molar-refractivity contribution < 1.29 is 18.1 Å². The monoisotopic (exact) mass is 354 g/mol. The summed E-state index contributed by atoms with van der Waals surface area (Å²) in [5.74, 6) is 1.03. The number of fused-ring (bicyclic) bond motifs is 1. The Balaban J connectivity index is 1.54. The highest BCUT2D eigenvalue weighted by atomic mass is 19.1. The number of hydrogen-bond acceptors (Lipinski definition) is 7. The van der Waals surface area contributed by atoms with Crippen LogP contribution in [0.2, 0.25) is 0 Å². The second-order valence-electron chi connectivity index (χ2n) is 6.04. The number of nitrogens with zero attached hydrogens (tertiary/aromatic N) is 4. The van der Waals surface area contributed by atoms with E-state index in [1.807, 2.05) is 19.9 Å². The minimum atomic E-state index is -0.324. The normalized spacial score (nSPS) is 11.4. The number of benzene rings is 1. The number of aromatic nitrogens is 4. The first-order valence-electron chi connectivity index (χ1n) is 8.06. The van der Waals surface area contributed by atoms with Crippen LogP contribution in [0.5, 0.6) is 5.75 Å². The third-order valence-corrected chi connectivity index (χ3v) is 3.79. The van der Waals surface area contributed by atoms with Crippen LogP contribution in [-0.2, 0) is 6.61 Å². The molecule has 0 atom stereocenters. The molecule has 7 nitrogen and oxygen atoms in total. The second-order valence-corrected chi connectivity index (χ2v) is 6.04. The van der Waals surface area contributed by atoms with Crippen LogP contribution in [0, 0.1) is 5.82 Å². The van der Waals surface area contributed by atoms with Crippen molar-refractivity contribution in [2.24, 2.45) is 0 Å². The molecule has 0 spiro atoms. The molecule has 0 aliphatic rings. The fraction of sp³-hybridized carbons (Fsp3) is 0.222. The first-order chi connectivity index (χ1) is 12.6. The highest BCUT2D eigenvalue weighted by Gasteiger charge is 2.16. The zero-order valence-electron chi connectivity index (χ0n) is 14.1. The van der Waals surface area contributed by atoms with E-state index in [2.05, 4.69) is 20.3 Å². The first-order valence-corrected chi connectivity index (χ1v) is 8.06. The van der Waals surface area contributed by atoms with Crippen molar-refractivity contribution in [1.82, 2.24) is 20.3 Å². The molecule has 26 heavy (non-hydrogen) atoms. The average molecular weight is 354 g/mol. The van der Waals surface area contributed by atoms with Crippen molar-refractivity contribution in [2.45, 2.75) is 26.4 Å². The molecular weight excluding hydrogens is 339 g/mol. The summed E-state index contributed by atoms with van der Waals surface area (Å²) < 4.78 is 29.3. The maximum absolute atomic E-state index is 12.9. The lowest BCUT2D eigenvalue weighted by molar-refractivity contribution is 0.264. The van der Waals surface area contributed by atoms with Crippen LogP contribution in [0.15, 0.2) is 45.5 Å². The van der Waals surface area contributed by atoms with Gasteiger partial charge in [-0.05, 0) is 36.2 Å². The van der Waals surface area contributed by atoms with E-state index in [9.17, 15) is 4.39 Å². The van der Waals surface area contributed by atoms with Gasteiger partial charge in [0.05, 0.1) is 16.6 Å². The third-order valence-electron chi connectivity index (χ3n) is 3.79. The summed E-state index contributed by atoms with van der Waals surface area (Å²) in [6.45, 7) is 4.14. The molecule has 0 aliphatic carbocycles. The zero-order chi connectivity index (χ0) is 18.1. The van der Waals surface area contributed by atoms with Gasteiger partial charge in [0.15, 0.2) is 6.61 Å². The highest BCUT2D eigenvalue weighted by molar-refractivity contribution is 5.80. The van der Waals surface area contributed by atoms with Crippen LogP contribution in [0.1, 0.15) is 31.4 Å². The molecule has 3 aromatic heterocycles. The minimum absolute atomic E-state index is 0.0822. The van der Waals surface area contributed by atoms with E-state index in [1.54, 1.807) is 6.20 Å². The molecule has 0 unspecified atom stereocenters. The molecule has 0 amide bonds. The van der Waals surface area contributed by atoms with Crippen LogP contribution in [0.25, 0.3) is 22.6 Å². The van der Waals surface area contributed by atoms with Crippen LogP contribution >= 0.6 is 0 Å². The molecule has 8 heteroatoms. The second kappa shape index (κ2) is 6.55. The lowest BCUT2D eigenvalue weighted by Gasteiger charge is -2.02. The van der Waals surface area contributed by atoms with Gasteiger partial charge >= 0.3 is 0 Å². The molecule has 0 radical (unpaired) electrons. The van der Waals surface area contributed by atoms with Crippen LogP contribution < -0.4 is 4.74 Å². The Morgan fingerprint density at radius 3 is 2.73 bits per heavy atom. The van der Waals surface area contributed by atoms with Gasteiger partial charge in [-0.25, -0.2) is 9.37 Å². The van der Waals surface area contributed by atoms with Gasteiger partial charge in [-0.1, -0.05) is 19.0 Å². The summed E-state index contributed by atoms with van der Waals surface area (Å²) in [5, 5.41) is 12.9. The summed E-state index contributed by atoms with van der Waals surface area (Å²) in [6, 6.07) is 7.57. The molecule has 0 saturated carbocycles. The van der Waals surface area contributed by atoms with Gasteiger partial charge in [-0.2, -0.15) is 0 Å². The van der Waals surface area contributed by atoms with E-state index in [1.165, 1.54) is 24.3 Å². The van der Waals surface area contributed by atoms with Crippen LogP contribution in [-0.4, -0.2) is 20.3 Å². The number of rotatable bonds is 5. The van der Waals surface area contributed by atoms with E-state index in [4.69, 9.17) is 13.7 Å². The van der Waals surface area contributed by atoms with Crippen molar-refractivity contribution in [2.75, 3.05) is 0 Å². The molecule has 0 aliphatic heterocycles. The molecule has 132 valence electrons. The van der Waals surface area contributed by atoms with Crippen molar-refractivity contribution in [3.8, 4) is 17.2 Å². The predicted octanol–water partition coefficient (Wildman–Crippen LogP) is 4.11. The zero-order valence-corrected chi connectivity index (χ0v) is 14.1. The number of pyridine rings is 1. The lowest BCUT2D eigenvalue weighted by Crippen LogP contribution is -1.95. The molecular formula is C18H15FN4O3. The molecule has 0 fully saturated rings. The van der Waals surface area contributed by atoms with E-state index >= 15 is 0 Å². The maximum Gasteiger partial charge on any atom is 0.257 e. The van der Waals surface area contributed by atoms with Gasteiger partial charge in [0.1, 0.15) is 11.6 Å². The van der Waals surface area contributed by atoms with Gasteiger partial charge in [-0.15, -0.1) is 10.2 Å². The molecule has 1 aromatic carbocycles. The Morgan fingerprint density at radius 2 is 1.96 bits per heavy atom. The SMILES string of the molecule is CC(C)c1noc2ncc(-c3nnc(COc4ccc(F)cc4)o3)cc12. The van der Waals surface area contributed by atoms with Gasteiger partial charge in [0.25, 0.3) is 11.6 Å². The Morgan fingerprint density at radius 1 is 1.15 bits per heavy atom. The minimum Gasteiger partial charge on any atom is -0.484 e. The van der Waals surface area contributed by atoms with E-state index in [-0.39, 0.29) is 18.3 Å². The van der Waals surface area contributed by atoms with E-state index in [0.717, 1.165) is 11.1 Å². The van der Waals surface area contributed by atoms with Gasteiger partial charge in [-0.3, -0.25) is 0 Å². The highest BCUT2D eigenvalue weighted by Crippen LogP contribution is 2.27. The molecule has 0 bridgehead atoms. The largest absolute Gasteiger partial charge is 0.484 e. The smallest absolute Gasteiger partial charge is 0.257 e. The molecule has 0 N–H and O–H groups in total. The first kappa shape index (κ1) is 16.2. The Hall–Kier alpha value is -3.29. The fourth-order valence-electron chi connectivity index (χ4n) is 2.49. The number of ether oxygens (including phenoxy) is 1. The topological polar surface area (TPSA) is 87.1 Å². The molecule has 4 aromatic rings. The lowest BCUT2D eigenvalue weighted by atomic mass is 10.1. The average Bonchev–Trinajstić information content (AvgIpc) is 3.27. The van der Waals surface area contributed by atoms with Crippen molar-refractivity contribution in [1.29, 1.82) is 0 Å². The van der Waals surface area contributed by atoms with E-state index < -0.39 is 0 Å². The van der Waals surface area contributed by atoms with Crippen molar-refractivity contribution >= 4 is 11.1 Å². The predicted molar refractivity (Wildman–Crippen MR) is 89.9 cm³/mol. The fourth-order valence-corrected chi connectivity index (χ4v) is 2.49. The quantitative estimate of drug-likeness (QED) is 0.533. The summed E-state index contributed by atoms with van der Waals surface area (Å²) in [6.07, 6.45) is 1.59. The number of hydrogen-bond donors (Lipinski definition) is 0. The molecule has 3 heterocycles. The summed E-state index contributed by atoms with van der Waals surface area (Å²) >= 11 is 0. The van der Waals surface area contributed by atoms with Crippen molar-refractivity contribution in [3.63, 3.8) is 0 Å². The maximum atomic E-state index is 12.9. The third kappa shape index (κ3) is 3.13. The van der Waals surface area contributed by atoms with Gasteiger partial charge < -0.3 is 13.7 Å². The van der Waals surface area contributed by atoms with Crippen LogP contribution in [0.3, 0.4) is 0 Å². The Kier molecular flexibility index (Phi) is 4.08. The van der Waals surface area contributed by atoms with Crippen molar-refractivity contribution in [3.05, 3.63) is 53.9 Å². The van der Waals surface area contributed by atoms with Gasteiger partial charge in [0.2, 0.25) is 5.89 Å². The standard InChI is InChI=1S/C18H15FN4O3/c1-10(2)16-14-7-11(8-20-18(14)26-23-16)17-22-21-15(25-17)9-24-13-5-3-12(19)4-6-13/h3-8,10H,9H2,1-2H3. The molecule has 0 saturated heterocycles. The number of halogens is 1. The molecule has 4 rings (SSSR count).